The molecule has 1 aliphatic heterocycles. The molecule has 0 N–H and O–H groups in total. The third kappa shape index (κ3) is 6.13. The predicted molar refractivity (Wildman–Crippen MR) is 138 cm³/mol. The van der Waals surface area contributed by atoms with Crippen molar-refractivity contribution in [1.82, 2.24) is 9.80 Å². The van der Waals surface area contributed by atoms with Gasteiger partial charge in [0.15, 0.2) is 11.5 Å². The van der Waals surface area contributed by atoms with Gasteiger partial charge < -0.3 is 19.3 Å². The van der Waals surface area contributed by atoms with Crippen molar-refractivity contribution in [1.29, 1.82) is 0 Å². The SMILES string of the molecule is COc1cc([C@H]2C(=O)N(C3CCCCCC3)CC(=O)N2C2CCCCCCC2)ccc1OC(C)C. The van der Waals surface area contributed by atoms with Gasteiger partial charge in [-0.1, -0.05) is 63.9 Å². The number of piperazine rings is 1. The first-order valence-electron chi connectivity index (χ1n) is 14.0. The molecule has 3 aliphatic rings. The van der Waals surface area contributed by atoms with E-state index < -0.39 is 6.04 Å². The van der Waals surface area contributed by atoms with Gasteiger partial charge in [-0.05, 0) is 57.2 Å². The average Bonchev–Trinajstić information content (AvgIpc) is 3.10. The van der Waals surface area contributed by atoms with Gasteiger partial charge in [0, 0.05) is 12.1 Å². The van der Waals surface area contributed by atoms with Gasteiger partial charge in [0.1, 0.15) is 12.6 Å². The molecule has 0 unspecified atom stereocenters. The van der Waals surface area contributed by atoms with Crippen molar-refractivity contribution in [3.05, 3.63) is 23.8 Å². The van der Waals surface area contributed by atoms with Gasteiger partial charge in [0.2, 0.25) is 5.91 Å². The van der Waals surface area contributed by atoms with Gasteiger partial charge in [-0.3, -0.25) is 9.59 Å². The molecular weight excluding hydrogens is 440 g/mol. The van der Waals surface area contributed by atoms with E-state index in [0.29, 0.717) is 11.5 Å². The van der Waals surface area contributed by atoms with E-state index in [1.807, 2.05) is 41.8 Å². The molecule has 2 aliphatic carbocycles. The van der Waals surface area contributed by atoms with Crippen molar-refractivity contribution in [2.45, 2.75) is 122 Å². The van der Waals surface area contributed by atoms with E-state index in [0.717, 1.165) is 56.9 Å². The van der Waals surface area contributed by atoms with Crippen LogP contribution in [0.1, 0.15) is 109 Å². The monoisotopic (exact) mass is 484 g/mol. The summed E-state index contributed by atoms with van der Waals surface area (Å²) in [5, 5.41) is 0. The van der Waals surface area contributed by atoms with Crippen LogP contribution in [0.25, 0.3) is 0 Å². The summed E-state index contributed by atoms with van der Waals surface area (Å²) in [5.41, 5.74) is 0.830. The van der Waals surface area contributed by atoms with Crippen LogP contribution in [0.4, 0.5) is 0 Å². The summed E-state index contributed by atoms with van der Waals surface area (Å²) in [6.07, 6.45) is 14.6. The summed E-state index contributed by atoms with van der Waals surface area (Å²) in [6.45, 7) is 4.19. The minimum absolute atomic E-state index is 0.0183. The molecule has 0 spiro atoms. The van der Waals surface area contributed by atoms with Crippen LogP contribution < -0.4 is 9.47 Å². The number of hydrogen-bond acceptors (Lipinski definition) is 4. The average molecular weight is 485 g/mol. The Morgan fingerprint density at radius 1 is 0.800 bits per heavy atom. The number of methoxy groups -OCH3 is 1. The molecule has 2 saturated carbocycles. The Kier molecular flexibility index (Phi) is 8.96. The van der Waals surface area contributed by atoms with Crippen LogP contribution in [0, 0.1) is 0 Å². The number of nitrogens with zero attached hydrogens (tertiary/aromatic N) is 2. The maximum absolute atomic E-state index is 14.2. The molecule has 1 saturated heterocycles. The van der Waals surface area contributed by atoms with Crippen molar-refractivity contribution in [3.8, 4) is 11.5 Å². The Balaban J connectivity index is 1.70. The van der Waals surface area contributed by atoms with Gasteiger partial charge in [-0.15, -0.1) is 0 Å². The van der Waals surface area contributed by atoms with Gasteiger partial charge in [-0.25, -0.2) is 0 Å². The van der Waals surface area contributed by atoms with Crippen LogP contribution in [0.15, 0.2) is 18.2 Å². The van der Waals surface area contributed by atoms with Gasteiger partial charge >= 0.3 is 0 Å². The van der Waals surface area contributed by atoms with Gasteiger partial charge in [0.25, 0.3) is 5.91 Å². The molecule has 0 bridgehead atoms. The van der Waals surface area contributed by atoms with Crippen LogP contribution in [0.3, 0.4) is 0 Å². The fourth-order valence-electron chi connectivity index (χ4n) is 6.24. The largest absolute Gasteiger partial charge is 0.493 e. The highest BCUT2D eigenvalue weighted by Crippen LogP contribution is 2.39. The lowest BCUT2D eigenvalue weighted by molar-refractivity contribution is -0.162. The molecule has 1 heterocycles. The molecule has 2 amide bonds. The molecule has 4 rings (SSSR count). The fraction of sp³-hybridized carbons (Fsp3) is 0.724. The van der Waals surface area contributed by atoms with Gasteiger partial charge in [-0.2, -0.15) is 0 Å². The molecule has 0 aromatic heterocycles. The number of benzene rings is 1. The highest BCUT2D eigenvalue weighted by Gasteiger charge is 2.45. The van der Waals surface area contributed by atoms with Crippen molar-refractivity contribution in [2.75, 3.05) is 13.7 Å². The molecule has 1 aromatic rings. The number of hydrogen-bond donors (Lipinski definition) is 0. The Labute approximate surface area is 211 Å². The second kappa shape index (κ2) is 12.1. The Morgan fingerprint density at radius 3 is 1.94 bits per heavy atom. The molecule has 0 radical (unpaired) electrons. The van der Waals surface area contributed by atoms with Crippen LogP contribution in [-0.4, -0.2) is 53.5 Å². The van der Waals surface area contributed by atoms with Crippen molar-refractivity contribution >= 4 is 11.8 Å². The molecule has 194 valence electrons. The molecule has 3 fully saturated rings. The van der Waals surface area contributed by atoms with E-state index in [-0.39, 0.29) is 36.5 Å². The summed E-state index contributed by atoms with van der Waals surface area (Å²) >= 11 is 0. The zero-order valence-corrected chi connectivity index (χ0v) is 22.0. The summed E-state index contributed by atoms with van der Waals surface area (Å²) in [5.74, 6) is 1.46. The standard InChI is InChI=1S/C29H44N2O4/c1-21(2)35-25-18-17-22(19-26(25)34-3)28-29(33)30(23-13-9-7-8-10-14-23)20-27(32)31(28)24-15-11-5-4-6-12-16-24/h17-19,21,23-24,28H,4-16,20H2,1-3H3/t28-/m0/s1. The quantitative estimate of drug-likeness (QED) is 0.463. The van der Waals surface area contributed by atoms with E-state index in [9.17, 15) is 9.59 Å². The highest BCUT2D eigenvalue weighted by atomic mass is 16.5. The number of carbonyl (C=O) groups is 2. The molecule has 1 aromatic carbocycles. The summed E-state index contributed by atoms with van der Waals surface area (Å²) in [7, 11) is 1.63. The zero-order chi connectivity index (χ0) is 24.8. The first kappa shape index (κ1) is 25.8. The van der Waals surface area contributed by atoms with Crippen LogP contribution in [0.5, 0.6) is 11.5 Å². The second-order valence-electron chi connectivity index (χ2n) is 10.9. The smallest absolute Gasteiger partial charge is 0.250 e. The maximum Gasteiger partial charge on any atom is 0.250 e. The fourth-order valence-corrected chi connectivity index (χ4v) is 6.24. The van der Waals surface area contributed by atoms with E-state index in [1.54, 1.807) is 7.11 Å². The minimum Gasteiger partial charge on any atom is -0.493 e. The number of carbonyl (C=O) groups excluding carboxylic acids is 2. The van der Waals surface area contributed by atoms with E-state index in [4.69, 9.17) is 9.47 Å². The summed E-state index contributed by atoms with van der Waals surface area (Å²) < 4.78 is 11.6. The van der Waals surface area contributed by atoms with E-state index in [2.05, 4.69) is 0 Å². The number of rotatable bonds is 6. The Morgan fingerprint density at radius 2 is 1.37 bits per heavy atom. The van der Waals surface area contributed by atoms with Crippen molar-refractivity contribution in [2.24, 2.45) is 0 Å². The Bertz CT molecular complexity index is 854. The first-order chi connectivity index (χ1) is 17.0. The third-order valence-electron chi connectivity index (χ3n) is 7.99. The first-order valence-corrected chi connectivity index (χ1v) is 14.0. The lowest BCUT2D eigenvalue weighted by Crippen LogP contribution is -2.60. The molecule has 1 atom stereocenters. The molecule has 35 heavy (non-hydrogen) atoms. The van der Waals surface area contributed by atoms with Crippen molar-refractivity contribution < 1.29 is 19.1 Å². The lowest BCUT2D eigenvalue weighted by Gasteiger charge is -2.47. The lowest BCUT2D eigenvalue weighted by atomic mass is 9.90. The number of ether oxygens (including phenoxy) is 2. The van der Waals surface area contributed by atoms with Crippen molar-refractivity contribution in [3.63, 3.8) is 0 Å². The summed E-state index contributed by atoms with van der Waals surface area (Å²) in [4.78, 5) is 31.9. The minimum atomic E-state index is -0.592. The normalized spacial score (nSPS) is 23.7. The summed E-state index contributed by atoms with van der Waals surface area (Å²) in [6, 6.07) is 5.47. The van der Waals surface area contributed by atoms with Crippen LogP contribution in [0.2, 0.25) is 0 Å². The van der Waals surface area contributed by atoms with Crippen LogP contribution >= 0.6 is 0 Å². The molecular formula is C29H44N2O4. The van der Waals surface area contributed by atoms with E-state index in [1.165, 1.54) is 32.1 Å². The highest BCUT2D eigenvalue weighted by molar-refractivity contribution is 5.96. The maximum atomic E-state index is 14.2. The predicted octanol–water partition coefficient (Wildman–Crippen LogP) is 6.03. The number of amides is 2. The second-order valence-corrected chi connectivity index (χ2v) is 10.9. The molecule has 6 heteroatoms. The molecule has 6 nitrogen and oxygen atoms in total. The Hall–Kier alpha value is -2.24. The zero-order valence-electron chi connectivity index (χ0n) is 22.0. The van der Waals surface area contributed by atoms with E-state index >= 15 is 0 Å². The van der Waals surface area contributed by atoms with Gasteiger partial charge in [0.05, 0.1) is 13.2 Å². The third-order valence-corrected chi connectivity index (χ3v) is 7.99. The topological polar surface area (TPSA) is 59.1 Å². The van der Waals surface area contributed by atoms with Crippen LogP contribution in [-0.2, 0) is 9.59 Å².